The average molecular weight is 425 g/mol. The maximum absolute atomic E-state index is 6.17. The SMILES string of the molecule is Cc1nc(-c2cccc(Oc3cccc(-c4nccn4C)c3)c2)sc1-c1cccnc1. The largest absolute Gasteiger partial charge is 0.457 e. The van der Waals surface area contributed by atoms with Crippen LogP contribution in [0.1, 0.15) is 5.69 Å². The molecule has 0 aliphatic heterocycles. The maximum atomic E-state index is 6.17. The van der Waals surface area contributed by atoms with E-state index in [1.165, 1.54) is 0 Å². The number of benzene rings is 2. The lowest BCUT2D eigenvalue weighted by Gasteiger charge is -2.09. The molecule has 0 spiro atoms. The zero-order valence-corrected chi connectivity index (χ0v) is 18.0. The number of aryl methyl sites for hydroxylation is 2. The van der Waals surface area contributed by atoms with Crippen molar-refractivity contribution in [2.45, 2.75) is 6.92 Å². The molecule has 0 aliphatic carbocycles. The Morgan fingerprint density at radius 3 is 2.32 bits per heavy atom. The van der Waals surface area contributed by atoms with Crippen molar-refractivity contribution in [3.63, 3.8) is 0 Å². The molecule has 0 radical (unpaired) electrons. The lowest BCUT2D eigenvalue weighted by atomic mass is 10.2. The molecule has 31 heavy (non-hydrogen) atoms. The Hall–Kier alpha value is -3.77. The van der Waals surface area contributed by atoms with E-state index in [1.54, 1.807) is 23.7 Å². The molecule has 0 unspecified atom stereocenters. The minimum absolute atomic E-state index is 0.768. The first-order chi connectivity index (χ1) is 15.2. The number of hydrogen-bond acceptors (Lipinski definition) is 5. The summed E-state index contributed by atoms with van der Waals surface area (Å²) in [5.41, 5.74) is 4.13. The first-order valence-corrected chi connectivity index (χ1v) is 10.7. The van der Waals surface area contributed by atoms with E-state index in [4.69, 9.17) is 9.72 Å². The first kappa shape index (κ1) is 19.2. The van der Waals surface area contributed by atoms with E-state index in [0.717, 1.165) is 49.6 Å². The van der Waals surface area contributed by atoms with E-state index in [-0.39, 0.29) is 0 Å². The van der Waals surface area contributed by atoms with E-state index in [9.17, 15) is 0 Å². The van der Waals surface area contributed by atoms with Crippen molar-refractivity contribution < 1.29 is 4.74 Å². The fraction of sp³-hybridized carbons (Fsp3) is 0.0800. The highest BCUT2D eigenvalue weighted by Gasteiger charge is 2.12. The van der Waals surface area contributed by atoms with Crippen LogP contribution in [-0.4, -0.2) is 19.5 Å². The molecule has 2 aromatic carbocycles. The molecule has 0 saturated carbocycles. The van der Waals surface area contributed by atoms with Gasteiger partial charge in [0, 0.05) is 48.5 Å². The van der Waals surface area contributed by atoms with E-state index in [2.05, 4.69) is 22.1 Å². The van der Waals surface area contributed by atoms with Gasteiger partial charge in [-0.15, -0.1) is 11.3 Å². The van der Waals surface area contributed by atoms with Crippen LogP contribution in [0, 0.1) is 6.92 Å². The summed E-state index contributed by atoms with van der Waals surface area (Å²) in [5.74, 6) is 2.44. The number of ether oxygens (including phenoxy) is 1. The molecule has 0 saturated heterocycles. The van der Waals surface area contributed by atoms with Crippen molar-refractivity contribution in [1.29, 1.82) is 0 Å². The predicted octanol–water partition coefficient (Wildman–Crippen LogP) is 6.37. The molecule has 0 atom stereocenters. The molecule has 5 aromatic rings. The maximum Gasteiger partial charge on any atom is 0.139 e. The van der Waals surface area contributed by atoms with Crippen LogP contribution in [0.2, 0.25) is 0 Å². The van der Waals surface area contributed by atoms with Gasteiger partial charge in [-0.3, -0.25) is 4.98 Å². The number of hydrogen-bond donors (Lipinski definition) is 0. The lowest BCUT2D eigenvalue weighted by Crippen LogP contribution is -1.92. The normalized spacial score (nSPS) is 10.9. The van der Waals surface area contributed by atoms with Crippen molar-refractivity contribution >= 4 is 11.3 Å². The fourth-order valence-corrected chi connectivity index (χ4v) is 4.51. The van der Waals surface area contributed by atoms with Gasteiger partial charge in [0.25, 0.3) is 0 Å². The zero-order chi connectivity index (χ0) is 21.2. The third-order valence-electron chi connectivity index (χ3n) is 4.95. The Morgan fingerprint density at radius 1 is 0.871 bits per heavy atom. The molecule has 0 bridgehead atoms. The van der Waals surface area contributed by atoms with Crippen LogP contribution in [-0.2, 0) is 7.05 Å². The number of rotatable bonds is 5. The van der Waals surface area contributed by atoms with Crippen LogP contribution in [0.25, 0.3) is 32.4 Å². The Labute approximate surface area is 184 Å². The van der Waals surface area contributed by atoms with Gasteiger partial charge in [0.2, 0.25) is 0 Å². The highest BCUT2D eigenvalue weighted by atomic mass is 32.1. The summed E-state index contributed by atoms with van der Waals surface area (Å²) in [5, 5.41) is 0.962. The number of aromatic nitrogens is 4. The minimum Gasteiger partial charge on any atom is -0.457 e. The van der Waals surface area contributed by atoms with Gasteiger partial charge in [0.05, 0.1) is 10.6 Å². The van der Waals surface area contributed by atoms with Gasteiger partial charge in [-0.1, -0.05) is 30.3 Å². The summed E-state index contributed by atoms with van der Waals surface area (Å²) in [7, 11) is 1.98. The summed E-state index contributed by atoms with van der Waals surface area (Å²) >= 11 is 1.67. The Morgan fingerprint density at radius 2 is 1.61 bits per heavy atom. The summed E-state index contributed by atoms with van der Waals surface area (Å²) < 4.78 is 8.16. The van der Waals surface area contributed by atoms with Crippen LogP contribution >= 0.6 is 11.3 Å². The van der Waals surface area contributed by atoms with Gasteiger partial charge >= 0.3 is 0 Å². The third kappa shape index (κ3) is 3.98. The smallest absolute Gasteiger partial charge is 0.139 e. The lowest BCUT2D eigenvalue weighted by molar-refractivity contribution is 0.483. The quantitative estimate of drug-likeness (QED) is 0.329. The molecule has 3 aromatic heterocycles. The second kappa shape index (κ2) is 8.16. The van der Waals surface area contributed by atoms with Crippen molar-refractivity contribution in [3.8, 4) is 43.9 Å². The Balaban J connectivity index is 1.43. The van der Waals surface area contributed by atoms with Gasteiger partial charge in [-0.25, -0.2) is 9.97 Å². The number of thiazole rings is 1. The van der Waals surface area contributed by atoms with Crippen molar-refractivity contribution in [2.24, 2.45) is 7.05 Å². The predicted molar refractivity (Wildman–Crippen MR) is 124 cm³/mol. The molecule has 5 nitrogen and oxygen atoms in total. The summed E-state index contributed by atoms with van der Waals surface area (Å²) in [6.45, 7) is 2.03. The first-order valence-electron chi connectivity index (χ1n) is 9.91. The molecule has 3 heterocycles. The minimum atomic E-state index is 0.768. The Kier molecular flexibility index (Phi) is 5.06. The highest BCUT2D eigenvalue weighted by molar-refractivity contribution is 7.18. The van der Waals surface area contributed by atoms with E-state index >= 15 is 0 Å². The summed E-state index contributed by atoms with van der Waals surface area (Å²) in [6.07, 6.45) is 7.38. The van der Waals surface area contributed by atoms with E-state index < -0.39 is 0 Å². The van der Waals surface area contributed by atoms with Gasteiger partial charge in [0.15, 0.2) is 0 Å². The molecule has 0 N–H and O–H groups in total. The Bertz CT molecular complexity index is 1340. The second-order valence-electron chi connectivity index (χ2n) is 7.19. The highest BCUT2D eigenvalue weighted by Crippen LogP contribution is 2.36. The average Bonchev–Trinajstić information content (AvgIpc) is 3.40. The molecular formula is C25H20N4OS. The monoisotopic (exact) mass is 424 g/mol. The standard InChI is InChI=1S/C25H20N4OS/c1-17-23(20-8-5-11-26-16-20)31-25(28-17)19-7-4-10-22(15-19)30-21-9-3-6-18(14-21)24-27-12-13-29(24)2/h3-16H,1-2H3. The fourth-order valence-electron chi connectivity index (χ4n) is 3.46. The molecule has 0 amide bonds. The van der Waals surface area contributed by atoms with Gasteiger partial charge in [-0.2, -0.15) is 0 Å². The van der Waals surface area contributed by atoms with Crippen LogP contribution in [0.15, 0.2) is 85.5 Å². The molecule has 0 fully saturated rings. The topological polar surface area (TPSA) is 52.8 Å². The number of nitrogens with zero attached hydrogens (tertiary/aromatic N) is 4. The van der Waals surface area contributed by atoms with E-state index in [1.807, 2.05) is 79.5 Å². The van der Waals surface area contributed by atoms with Gasteiger partial charge < -0.3 is 9.30 Å². The van der Waals surface area contributed by atoms with Crippen molar-refractivity contribution in [3.05, 3.63) is 91.1 Å². The van der Waals surface area contributed by atoms with Crippen LogP contribution in [0.5, 0.6) is 11.5 Å². The molecular weight excluding hydrogens is 404 g/mol. The number of imidazole rings is 1. The van der Waals surface area contributed by atoms with Crippen LogP contribution < -0.4 is 4.74 Å². The molecule has 0 aliphatic rings. The zero-order valence-electron chi connectivity index (χ0n) is 17.2. The molecule has 5 rings (SSSR count). The van der Waals surface area contributed by atoms with Crippen LogP contribution in [0.3, 0.4) is 0 Å². The molecule has 6 heteroatoms. The third-order valence-corrected chi connectivity index (χ3v) is 6.21. The van der Waals surface area contributed by atoms with Gasteiger partial charge in [-0.05, 0) is 37.3 Å². The second-order valence-corrected chi connectivity index (χ2v) is 8.19. The summed E-state index contributed by atoms with van der Waals surface area (Å²) in [4.78, 5) is 14.6. The van der Waals surface area contributed by atoms with Gasteiger partial charge in [0.1, 0.15) is 22.3 Å². The van der Waals surface area contributed by atoms with Crippen molar-refractivity contribution in [2.75, 3.05) is 0 Å². The van der Waals surface area contributed by atoms with E-state index in [0.29, 0.717) is 0 Å². The summed E-state index contributed by atoms with van der Waals surface area (Å²) in [6, 6.07) is 20.0. The van der Waals surface area contributed by atoms with Crippen LogP contribution in [0.4, 0.5) is 0 Å². The molecule has 152 valence electrons. The van der Waals surface area contributed by atoms with Crippen molar-refractivity contribution in [1.82, 2.24) is 19.5 Å². The number of pyridine rings is 1.